The molecule has 0 amide bonds. The van der Waals surface area contributed by atoms with E-state index >= 15 is 0 Å². The molecule has 0 spiro atoms. The molecular formula is C13H22BrNO2S. The quantitative estimate of drug-likeness (QED) is 0.628. The molecule has 0 bridgehead atoms. The smallest absolute Gasteiger partial charge is 0.0701 e. The van der Waals surface area contributed by atoms with Gasteiger partial charge < -0.3 is 14.8 Å². The van der Waals surface area contributed by atoms with Crippen LogP contribution in [0.15, 0.2) is 15.9 Å². The summed E-state index contributed by atoms with van der Waals surface area (Å²) in [5, 5.41) is 5.45. The Labute approximate surface area is 122 Å². The van der Waals surface area contributed by atoms with Gasteiger partial charge in [0.1, 0.15) is 0 Å². The van der Waals surface area contributed by atoms with E-state index in [1.54, 1.807) is 11.3 Å². The largest absolute Gasteiger partial charge is 0.379 e. The van der Waals surface area contributed by atoms with Gasteiger partial charge >= 0.3 is 0 Å². The summed E-state index contributed by atoms with van der Waals surface area (Å²) in [7, 11) is 0. The van der Waals surface area contributed by atoms with Crippen LogP contribution in [-0.4, -0.2) is 33.0 Å². The number of nitrogens with one attached hydrogen (secondary N) is 1. The van der Waals surface area contributed by atoms with E-state index in [9.17, 15) is 0 Å². The van der Waals surface area contributed by atoms with Gasteiger partial charge in [-0.15, -0.1) is 11.3 Å². The molecule has 18 heavy (non-hydrogen) atoms. The zero-order chi connectivity index (χ0) is 13.1. The van der Waals surface area contributed by atoms with Crippen LogP contribution in [-0.2, 0) is 16.0 Å². The average Bonchev–Trinajstić information content (AvgIpc) is 2.77. The van der Waals surface area contributed by atoms with Gasteiger partial charge in [0.25, 0.3) is 0 Å². The van der Waals surface area contributed by atoms with E-state index in [1.165, 1.54) is 11.3 Å². The van der Waals surface area contributed by atoms with Crippen LogP contribution in [0, 0.1) is 0 Å². The van der Waals surface area contributed by atoms with Crippen molar-refractivity contribution in [2.75, 3.05) is 33.0 Å². The standard InChI is InChI=1S/C13H22BrNO2S/c1-2-3-5-16-7-8-17-6-4-15-10-13-9-12(14)11-18-13/h9,11,15H,2-8,10H2,1H3. The Morgan fingerprint density at radius 1 is 1.22 bits per heavy atom. The number of thiophene rings is 1. The first-order chi connectivity index (χ1) is 8.83. The fourth-order valence-corrected chi connectivity index (χ4v) is 2.79. The molecule has 0 fully saturated rings. The van der Waals surface area contributed by atoms with Crippen LogP contribution < -0.4 is 5.32 Å². The Balaban J connectivity index is 1.81. The first-order valence-electron chi connectivity index (χ1n) is 6.42. The van der Waals surface area contributed by atoms with Crippen molar-refractivity contribution in [3.8, 4) is 0 Å². The molecule has 1 N–H and O–H groups in total. The summed E-state index contributed by atoms with van der Waals surface area (Å²) in [6, 6.07) is 2.14. The van der Waals surface area contributed by atoms with Crippen LogP contribution in [0.5, 0.6) is 0 Å². The third kappa shape index (κ3) is 8.21. The SMILES string of the molecule is CCCCOCCOCCNCc1cc(Br)cs1. The lowest BCUT2D eigenvalue weighted by Gasteiger charge is -2.06. The summed E-state index contributed by atoms with van der Waals surface area (Å²) >= 11 is 5.20. The minimum absolute atomic E-state index is 0.690. The molecule has 0 aliphatic rings. The highest BCUT2D eigenvalue weighted by molar-refractivity contribution is 9.10. The molecule has 0 radical (unpaired) electrons. The minimum Gasteiger partial charge on any atom is -0.379 e. The van der Waals surface area contributed by atoms with Crippen LogP contribution in [0.25, 0.3) is 0 Å². The fraction of sp³-hybridized carbons (Fsp3) is 0.692. The molecule has 0 unspecified atom stereocenters. The second-order valence-electron chi connectivity index (χ2n) is 3.99. The van der Waals surface area contributed by atoms with Gasteiger partial charge in [-0.1, -0.05) is 13.3 Å². The predicted octanol–water partition coefficient (Wildman–Crippen LogP) is 3.43. The summed E-state index contributed by atoms with van der Waals surface area (Å²) in [6.45, 7) is 6.94. The predicted molar refractivity (Wildman–Crippen MR) is 80.3 cm³/mol. The maximum atomic E-state index is 5.46. The number of ether oxygens (including phenoxy) is 2. The van der Waals surface area contributed by atoms with Crippen LogP contribution in [0.3, 0.4) is 0 Å². The number of hydrogen-bond donors (Lipinski definition) is 1. The van der Waals surface area contributed by atoms with Crippen molar-refractivity contribution in [3.05, 3.63) is 20.8 Å². The molecule has 0 aliphatic heterocycles. The molecule has 104 valence electrons. The maximum Gasteiger partial charge on any atom is 0.0701 e. The van der Waals surface area contributed by atoms with E-state index < -0.39 is 0 Å². The number of halogens is 1. The summed E-state index contributed by atoms with van der Waals surface area (Å²) in [5.41, 5.74) is 0. The molecule has 1 heterocycles. The van der Waals surface area contributed by atoms with Gasteiger partial charge in [0.05, 0.1) is 19.8 Å². The van der Waals surface area contributed by atoms with Gasteiger partial charge in [-0.2, -0.15) is 0 Å². The van der Waals surface area contributed by atoms with Gasteiger partial charge in [-0.3, -0.25) is 0 Å². The van der Waals surface area contributed by atoms with Gasteiger partial charge in [-0.25, -0.2) is 0 Å². The van der Waals surface area contributed by atoms with Gasteiger partial charge in [0.2, 0.25) is 0 Å². The van der Waals surface area contributed by atoms with Crippen LogP contribution >= 0.6 is 27.3 Å². The Kier molecular flexibility index (Phi) is 9.79. The van der Waals surface area contributed by atoms with Gasteiger partial charge in [0.15, 0.2) is 0 Å². The van der Waals surface area contributed by atoms with Crippen molar-refractivity contribution in [2.24, 2.45) is 0 Å². The zero-order valence-electron chi connectivity index (χ0n) is 10.9. The number of rotatable bonds is 11. The maximum absolute atomic E-state index is 5.46. The second-order valence-corrected chi connectivity index (χ2v) is 5.90. The normalized spacial score (nSPS) is 11.0. The highest BCUT2D eigenvalue weighted by atomic mass is 79.9. The van der Waals surface area contributed by atoms with Crippen LogP contribution in [0.2, 0.25) is 0 Å². The first kappa shape index (κ1) is 16.1. The van der Waals surface area contributed by atoms with E-state index in [4.69, 9.17) is 9.47 Å². The number of unbranched alkanes of at least 4 members (excludes halogenated alkanes) is 1. The fourth-order valence-electron chi connectivity index (χ4n) is 1.37. The number of hydrogen-bond acceptors (Lipinski definition) is 4. The molecule has 3 nitrogen and oxygen atoms in total. The highest BCUT2D eigenvalue weighted by Crippen LogP contribution is 2.19. The van der Waals surface area contributed by atoms with Crippen molar-refractivity contribution in [2.45, 2.75) is 26.3 Å². The van der Waals surface area contributed by atoms with Crippen LogP contribution in [0.1, 0.15) is 24.6 Å². The summed E-state index contributed by atoms with van der Waals surface area (Å²) in [4.78, 5) is 1.34. The third-order valence-corrected chi connectivity index (χ3v) is 4.06. The topological polar surface area (TPSA) is 30.5 Å². The van der Waals surface area contributed by atoms with Gasteiger partial charge in [0, 0.05) is 34.4 Å². The van der Waals surface area contributed by atoms with Crippen molar-refractivity contribution in [3.63, 3.8) is 0 Å². The van der Waals surface area contributed by atoms with E-state index in [1.807, 2.05) is 0 Å². The van der Waals surface area contributed by atoms with E-state index in [2.05, 4.69) is 39.6 Å². The lowest BCUT2D eigenvalue weighted by Crippen LogP contribution is -2.19. The molecular weight excluding hydrogens is 314 g/mol. The lowest BCUT2D eigenvalue weighted by atomic mass is 10.4. The van der Waals surface area contributed by atoms with Crippen molar-refractivity contribution in [1.82, 2.24) is 5.32 Å². The molecule has 0 saturated heterocycles. The molecule has 1 aromatic rings. The second kappa shape index (κ2) is 10.9. The van der Waals surface area contributed by atoms with E-state index in [-0.39, 0.29) is 0 Å². The third-order valence-electron chi connectivity index (χ3n) is 2.36. The first-order valence-corrected chi connectivity index (χ1v) is 8.09. The summed E-state index contributed by atoms with van der Waals surface area (Å²) < 4.78 is 12.0. The molecule has 0 aromatic carbocycles. The Bertz CT molecular complexity index is 307. The molecule has 0 saturated carbocycles. The van der Waals surface area contributed by atoms with Crippen LogP contribution in [0.4, 0.5) is 0 Å². The molecule has 0 atom stereocenters. The molecule has 1 aromatic heterocycles. The molecule has 1 rings (SSSR count). The average molecular weight is 336 g/mol. The molecule has 5 heteroatoms. The van der Waals surface area contributed by atoms with Gasteiger partial charge in [-0.05, 0) is 28.4 Å². The van der Waals surface area contributed by atoms with E-state index in [0.717, 1.165) is 37.2 Å². The lowest BCUT2D eigenvalue weighted by molar-refractivity contribution is 0.0477. The molecule has 0 aliphatic carbocycles. The summed E-state index contributed by atoms with van der Waals surface area (Å²) in [5.74, 6) is 0. The van der Waals surface area contributed by atoms with E-state index in [0.29, 0.717) is 13.2 Å². The monoisotopic (exact) mass is 335 g/mol. The zero-order valence-corrected chi connectivity index (χ0v) is 13.3. The Morgan fingerprint density at radius 3 is 2.67 bits per heavy atom. The minimum atomic E-state index is 0.690. The van der Waals surface area contributed by atoms with Crippen molar-refractivity contribution < 1.29 is 9.47 Å². The van der Waals surface area contributed by atoms with Crippen molar-refractivity contribution in [1.29, 1.82) is 0 Å². The highest BCUT2D eigenvalue weighted by Gasteiger charge is 1.96. The summed E-state index contributed by atoms with van der Waals surface area (Å²) in [6.07, 6.45) is 2.32. The Hall–Kier alpha value is 0.0600. The van der Waals surface area contributed by atoms with Crippen molar-refractivity contribution >= 4 is 27.3 Å². The Morgan fingerprint density at radius 2 is 2.00 bits per heavy atom.